The van der Waals surface area contributed by atoms with Gasteiger partial charge >= 0.3 is 0 Å². The molecule has 0 aliphatic carbocycles. The number of pyridine rings is 1. The molecule has 0 atom stereocenters. The third-order valence-electron chi connectivity index (χ3n) is 3.30. The first-order valence-corrected chi connectivity index (χ1v) is 9.50. The number of H-pyrrole nitrogens is 1. The van der Waals surface area contributed by atoms with Gasteiger partial charge in [0.05, 0.1) is 11.2 Å². The molecule has 7 heteroatoms. The molecule has 0 unspecified atom stereocenters. The van der Waals surface area contributed by atoms with Gasteiger partial charge < -0.3 is 9.72 Å². The lowest BCUT2D eigenvalue weighted by atomic mass is 10.3. The largest absolute Gasteiger partial charge is 0.457 e. The molecule has 4 aromatic rings. The number of rotatable bonds is 5. The van der Waals surface area contributed by atoms with Crippen LogP contribution in [0.5, 0.6) is 11.5 Å². The predicted octanol–water partition coefficient (Wildman–Crippen LogP) is 5.76. The molecule has 1 aromatic carbocycles. The fourth-order valence-corrected chi connectivity index (χ4v) is 3.78. The molecular formula is C17H12ClN3OS2. The second kappa shape index (κ2) is 6.84. The summed E-state index contributed by atoms with van der Waals surface area (Å²) >= 11 is 9.15. The lowest BCUT2D eigenvalue weighted by Crippen LogP contribution is -1.90. The van der Waals surface area contributed by atoms with Crippen LogP contribution in [-0.4, -0.2) is 15.0 Å². The summed E-state index contributed by atoms with van der Waals surface area (Å²) in [6, 6.07) is 11.1. The van der Waals surface area contributed by atoms with Crippen LogP contribution < -0.4 is 4.74 Å². The Kier molecular flexibility index (Phi) is 4.42. The number of hydrogen-bond acceptors (Lipinski definition) is 5. The Morgan fingerprint density at radius 1 is 1.12 bits per heavy atom. The third kappa shape index (κ3) is 3.56. The standard InChI is InChI=1S/C17H12ClN3OS2/c18-11-1-3-13(4-2-11)22-14-5-6-19-12(7-14)8-24-17-20-15-9-23-10-16(15)21-17/h1-7,9-10H,8H2,(H,20,21). The van der Waals surface area contributed by atoms with Gasteiger partial charge in [-0.05, 0) is 30.3 Å². The van der Waals surface area contributed by atoms with Gasteiger partial charge in [0.25, 0.3) is 0 Å². The zero-order valence-corrected chi connectivity index (χ0v) is 14.8. The van der Waals surface area contributed by atoms with Crippen LogP contribution in [0.3, 0.4) is 0 Å². The SMILES string of the molecule is Clc1ccc(Oc2ccnc(CSc3nc4cscc4[nH]3)c2)cc1. The topological polar surface area (TPSA) is 50.8 Å². The molecule has 3 aromatic heterocycles. The van der Waals surface area contributed by atoms with Gasteiger partial charge in [-0.15, -0.1) is 11.3 Å². The van der Waals surface area contributed by atoms with Crippen LogP contribution in [0.1, 0.15) is 5.69 Å². The summed E-state index contributed by atoms with van der Waals surface area (Å²) in [5.74, 6) is 2.22. The van der Waals surface area contributed by atoms with Crippen molar-refractivity contribution in [2.75, 3.05) is 0 Å². The lowest BCUT2D eigenvalue weighted by molar-refractivity contribution is 0.481. The van der Waals surface area contributed by atoms with Crippen molar-refractivity contribution in [2.45, 2.75) is 10.9 Å². The van der Waals surface area contributed by atoms with E-state index in [9.17, 15) is 0 Å². The van der Waals surface area contributed by atoms with Gasteiger partial charge in [-0.1, -0.05) is 23.4 Å². The van der Waals surface area contributed by atoms with Crippen LogP contribution in [0.2, 0.25) is 5.02 Å². The zero-order valence-electron chi connectivity index (χ0n) is 12.4. The number of aromatic amines is 1. The maximum atomic E-state index is 5.88. The molecule has 0 amide bonds. The summed E-state index contributed by atoms with van der Waals surface area (Å²) in [4.78, 5) is 12.2. The lowest BCUT2D eigenvalue weighted by Gasteiger charge is -2.07. The molecule has 120 valence electrons. The van der Waals surface area contributed by atoms with Crippen LogP contribution in [0.4, 0.5) is 0 Å². The number of ether oxygens (including phenoxy) is 1. The van der Waals surface area contributed by atoms with Crippen molar-refractivity contribution in [3.8, 4) is 11.5 Å². The summed E-state index contributed by atoms with van der Waals surface area (Å²) in [5, 5.41) is 5.69. The summed E-state index contributed by atoms with van der Waals surface area (Å²) in [6.07, 6.45) is 1.75. The average molecular weight is 374 g/mol. The second-order valence-corrected chi connectivity index (χ2v) is 7.18. The molecular weight excluding hydrogens is 362 g/mol. The highest BCUT2D eigenvalue weighted by Gasteiger charge is 2.06. The van der Waals surface area contributed by atoms with Crippen molar-refractivity contribution in [2.24, 2.45) is 0 Å². The summed E-state index contributed by atoms with van der Waals surface area (Å²) in [7, 11) is 0. The Bertz CT molecular complexity index is 937. The zero-order chi connectivity index (χ0) is 16.4. The molecule has 3 heterocycles. The van der Waals surface area contributed by atoms with Crippen LogP contribution in [0.25, 0.3) is 11.0 Å². The normalized spacial score (nSPS) is 11.0. The average Bonchev–Trinajstić information content (AvgIpc) is 3.17. The van der Waals surface area contributed by atoms with Gasteiger partial charge in [-0.3, -0.25) is 4.98 Å². The molecule has 4 nitrogen and oxygen atoms in total. The third-order valence-corrected chi connectivity index (χ3v) is 5.19. The summed E-state index contributed by atoms with van der Waals surface area (Å²) in [6.45, 7) is 0. The maximum absolute atomic E-state index is 5.88. The highest BCUT2D eigenvalue weighted by Crippen LogP contribution is 2.27. The minimum Gasteiger partial charge on any atom is -0.457 e. The van der Waals surface area contributed by atoms with E-state index in [2.05, 4.69) is 20.3 Å². The summed E-state index contributed by atoms with van der Waals surface area (Å²) in [5.41, 5.74) is 3.02. The van der Waals surface area contributed by atoms with Gasteiger partial charge in [-0.2, -0.15) is 0 Å². The van der Waals surface area contributed by atoms with Gasteiger partial charge in [0.1, 0.15) is 17.0 Å². The summed E-state index contributed by atoms with van der Waals surface area (Å²) < 4.78 is 5.83. The molecule has 0 fully saturated rings. The highest BCUT2D eigenvalue weighted by molar-refractivity contribution is 7.98. The van der Waals surface area contributed by atoms with Crippen molar-refractivity contribution in [1.29, 1.82) is 0 Å². The smallest absolute Gasteiger partial charge is 0.166 e. The number of imidazole rings is 1. The van der Waals surface area contributed by atoms with E-state index in [1.807, 2.05) is 29.6 Å². The molecule has 0 aliphatic rings. The van der Waals surface area contributed by atoms with Crippen molar-refractivity contribution in [3.05, 3.63) is 64.1 Å². The molecule has 0 radical (unpaired) electrons. The Balaban J connectivity index is 1.44. The molecule has 0 saturated carbocycles. The molecule has 0 aliphatic heterocycles. The van der Waals surface area contributed by atoms with E-state index in [-0.39, 0.29) is 0 Å². The maximum Gasteiger partial charge on any atom is 0.166 e. The van der Waals surface area contributed by atoms with Gasteiger partial charge in [-0.25, -0.2) is 4.98 Å². The molecule has 1 N–H and O–H groups in total. The minimum atomic E-state index is 0.687. The van der Waals surface area contributed by atoms with E-state index >= 15 is 0 Å². The second-order valence-electron chi connectivity index (χ2n) is 5.04. The Morgan fingerprint density at radius 3 is 2.83 bits per heavy atom. The number of fused-ring (bicyclic) bond motifs is 1. The minimum absolute atomic E-state index is 0.687. The number of halogens is 1. The van der Waals surface area contributed by atoms with E-state index in [1.54, 1.807) is 41.4 Å². The molecule has 0 saturated heterocycles. The van der Waals surface area contributed by atoms with E-state index in [4.69, 9.17) is 16.3 Å². The van der Waals surface area contributed by atoms with Crippen molar-refractivity contribution in [1.82, 2.24) is 15.0 Å². The number of nitrogens with zero attached hydrogens (tertiary/aromatic N) is 2. The molecule has 4 rings (SSSR count). The van der Waals surface area contributed by atoms with Crippen molar-refractivity contribution in [3.63, 3.8) is 0 Å². The fraction of sp³-hybridized carbons (Fsp3) is 0.0588. The quantitative estimate of drug-likeness (QED) is 0.452. The number of benzene rings is 1. The van der Waals surface area contributed by atoms with Crippen molar-refractivity contribution >= 4 is 45.7 Å². The van der Waals surface area contributed by atoms with Crippen LogP contribution in [0.15, 0.2) is 58.5 Å². The van der Waals surface area contributed by atoms with E-state index in [0.29, 0.717) is 5.02 Å². The van der Waals surface area contributed by atoms with Crippen LogP contribution in [0, 0.1) is 0 Å². The highest BCUT2D eigenvalue weighted by atomic mass is 35.5. The number of aromatic nitrogens is 3. The van der Waals surface area contributed by atoms with Gasteiger partial charge in [0, 0.05) is 33.8 Å². The number of thiophene rings is 1. The Morgan fingerprint density at radius 2 is 2.00 bits per heavy atom. The predicted molar refractivity (Wildman–Crippen MR) is 99.3 cm³/mol. The first-order chi connectivity index (χ1) is 11.8. The Labute approximate surface area is 151 Å². The first-order valence-electron chi connectivity index (χ1n) is 7.19. The molecule has 0 bridgehead atoms. The first kappa shape index (κ1) is 15.5. The van der Waals surface area contributed by atoms with Crippen LogP contribution >= 0.6 is 34.7 Å². The number of nitrogens with one attached hydrogen (secondary N) is 1. The van der Waals surface area contributed by atoms with Crippen LogP contribution in [-0.2, 0) is 5.75 Å². The van der Waals surface area contributed by atoms with Gasteiger partial charge in [0.2, 0.25) is 0 Å². The van der Waals surface area contributed by atoms with Gasteiger partial charge in [0.15, 0.2) is 5.16 Å². The van der Waals surface area contributed by atoms with Crippen molar-refractivity contribution < 1.29 is 4.74 Å². The Hall–Kier alpha value is -2.02. The molecule has 0 spiro atoms. The van der Waals surface area contributed by atoms with E-state index in [0.717, 1.165) is 39.1 Å². The monoisotopic (exact) mass is 373 g/mol. The fourth-order valence-electron chi connectivity index (χ4n) is 2.17. The number of thioether (sulfide) groups is 1. The van der Waals surface area contributed by atoms with E-state index < -0.39 is 0 Å². The number of hydrogen-bond donors (Lipinski definition) is 1. The van der Waals surface area contributed by atoms with E-state index in [1.165, 1.54) is 0 Å². The molecule has 24 heavy (non-hydrogen) atoms.